The van der Waals surface area contributed by atoms with Crippen LogP contribution in [0.25, 0.3) is 22.0 Å². The van der Waals surface area contributed by atoms with Gasteiger partial charge >= 0.3 is 0 Å². The summed E-state index contributed by atoms with van der Waals surface area (Å²) < 4.78 is 78.6. The Morgan fingerprint density at radius 3 is 2.62 bits per heavy atom. The van der Waals surface area contributed by atoms with E-state index in [1.54, 1.807) is 0 Å². The third-order valence-corrected chi connectivity index (χ3v) is 6.90. The zero-order chi connectivity index (χ0) is 27.9. The molecule has 4 N–H and O–H groups in total. The van der Waals surface area contributed by atoms with Gasteiger partial charge in [-0.2, -0.15) is 10.3 Å². The number of nitrogens with zero attached hydrogens (tertiary/aromatic N) is 5. The van der Waals surface area contributed by atoms with Gasteiger partial charge in [-0.05, 0) is 29.5 Å². The van der Waals surface area contributed by atoms with Gasteiger partial charge in [0.2, 0.25) is 5.88 Å². The van der Waals surface area contributed by atoms with Gasteiger partial charge in [-0.25, -0.2) is 26.6 Å². The fraction of sp³-hybridized carbons (Fsp3) is 0.0476. The van der Waals surface area contributed by atoms with Crippen LogP contribution in [0.15, 0.2) is 41.4 Å². The number of benzene rings is 2. The Morgan fingerprint density at radius 2 is 1.90 bits per heavy atom. The summed E-state index contributed by atoms with van der Waals surface area (Å²) in [6, 6.07) is 4.82. The van der Waals surface area contributed by atoms with Gasteiger partial charge in [0, 0.05) is 17.1 Å². The van der Waals surface area contributed by atoms with Crippen LogP contribution in [0.4, 0.5) is 24.8 Å². The third-order valence-electron chi connectivity index (χ3n) is 5.34. The van der Waals surface area contributed by atoms with Crippen molar-refractivity contribution < 1.29 is 31.1 Å². The Kier molecular flexibility index (Phi) is 6.52. The lowest BCUT2D eigenvalue weighted by atomic mass is 10.0. The maximum atomic E-state index is 15.5. The average molecular weight is 580 g/mol. The fourth-order valence-electron chi connectivity index (χ4n) is 3.62. The highest BCUT2D eigenvalue weighted by molar-refractivity contribution is 7.92. The molecule has 0 atom stereocenters. The van der Waals surface area contributed by atoms with Crippen LogP contribution in [0.2, 0.25) is 5.02 Å². The number of amides is 1. The van der Waals surface area contributed by atoms with Crippen molar-refractivity contribution in [2.75, 3.05) is 17.1 Å². The molecule has 5 aromatic rings. The van der Waals surface area contributed by atoms with Gasteiger partial charge in [0.15, 0.2) is 16.5 Å². The lowest BCUT2D eigenvalue weighted by Gasteiger charge is -2.14. The van der Waals surface area contributed by atoms with E-state index in [4.69, 9.17) is 16.3 Å². The van der Waals surface area contributed by atoms with E-state index in [2.05, 4.69) is 41.1 Å². The number of aromatic nitrogens is 7. The number of hydrogen-bond acceptors (Lipinski definition) is 9. The van der Waals surface area contributed by atoms with Gasteiger partial charge in [-0.3, -0.25) is 19.9 Å². The maximum absolute atomic E-state index is 15.5. The summed E-state index contributed by atoms with van der Waals surface area (Å²) in [4.78, 5) is 15.7. The third kappa shape index (κ3) is 4.68. The maximum Gasteiger partial charge on any atom is 0.276 e. The minimum atomic E-state index is -4.54. The van der Waals surface area contributed by atoms with Crippen molar-refractivity contribution in [1.29, 1.82) is 0 Å². The topological polar surface area (TPSA) is 181 Å². The largest absolute Gasteiger partial charge is 0.480 e. The molecule has 2 aromatic carbocycles. The van der Waals surface area contributed by atoms with Crippen LogP contribution < -0.4 is 14.8 Å². The number of carbonyl (C=O) groups excluding carboxylic acids is 1. The Labute approximate surface area is 220 Å². The minimum Gasteiger partial charge on any atom is -0.480 e. The zero-order valence-corrected chi connectivity index (χ0v) is 20.8. The molecule has 13 nitrogen and oxygen atoms in total. The van der Waals surface area contributed by atoms with E-state index < -0.39 is 60.6 Å². The molecule has 0 spiro atoms. The molecule has 0 saturated heterocycles. The summed E-state index contributed by atoms with van der Waals surface area (Å²) in [7, 11) is -3.38. The number of fused-ring (bicyclic) bond motifs is 1. The Morgan fingerprint density at radius 1 is 1.10 bits per heavy atom. The van der Waals surface area contributed by atoms with Gasteiger partial charge in [-0.15, -0.1) is 5.10 Å². The van der Waals surface area contributed by atoms with Crippen molar-refractivity contribution in [2.24, 2.45) is 0 Å². The smallest absolute Gasteiger partial charge is 0.276 e. The summed E-state index contributed by atoms with van der Waals surface area (Å²) in [5, 5.41) is 20.9. The molecule has 0 aliphatic heterocycles. The number of carbonyl (C=O) groups is 1. The van der Waals surface area contributed by atoms with Gasteiger partial charge in [0.05, 0.1) is 23.4 Å². The quantitative estimate of drug-likeness (QED) is 0.225. The summed E-state index contributed by atoms with van der Waals surface area (Å²) >= 11 is 5.84. The predicted molar refractivity (Wildman–Crippen MR) is 130 cm³/mol. The van der Waals surface area contributed by atoms with Crippen LogP contribution in [0.3, 0.4) is 0 Å². The molecule has 0 saturated carbocycles. The molecule has 0 aliphatic carbocycles. The molecule has 0 bridgehead atoms. The summed E-state index contributed by atoms with van der Waals surface area (Å²) in [6.07, 6.45) is 1.14. The number of hydrogen-bond donors (Lipinski definition) is 4. The van der Waals surface area contributed by atoms with Gasteiger partial charge < -0.3 is 4.74 Å². The van der Waals surface area contributed by atoms with Crippen molar-refractivity contribution in [1.82, 2.24) is 35.8 Å². The first-order chi connectivity index (χ1) is 18.6. The average Bonchev–Trinajstić information content (AvgIpc) is 3.57. The standard InChI is InChI=1S/C21H13ClF3N9O4S/c1-38-20-13(6-8(22)7-26-20)39(36,37)32-12-5-4-11(23)14(16(12)25)9-2-3-10-17(15(9)24)28-29-18(10)19(35)27-21-30-33-34-31-21/h2-7,32H,1H3,(H,28,29)(H2,27,30,31,33,34,35). The fourth-order valence-corrected chi connectivity index (χ4v) is 5.05. The number of H-pyrrole nitrogens is 2. The SMILES string of the molecule is COc1ncc(Cl)cc1S(=O)(=O)Nc1ccc(F)c(-c2ccc3c(C(=O)Nc4nn[nH]n4)[nH]nc3c2F)c1F. The van der Waals surface area contributed by atoms with E-state index in [1.807, 2.05) is 4.72 Å². The summed E-state index contributed by atoms with van der Waals surface area (Å²) in [5.41, 5.74) is -2.77. The van der Waals surface area contributed by atoms with Gasteiger partial charge in [0.1, 0.15) is 17.0 Å². The first-order valence-electron chi connectivity index (χ1n) is 10.5. The number of rotatable bonds is 7. The summed E-state index contributed by atoms with van der Waals surface area (Å²) in [6.45, 7) is 0. The van der Waals surface area contributed by atoms with Crippen molar-refractivity contribution in [3.8, 4) is 17.0 Å². The second kappa shape index (κ2) is 9.84. The number of pyridine rings is 1. The van der Waals surface area contributed by atoms with E-state index in [1.165, 1.54) is 13.2 Å². The highest BCUT2D eigenvalue weighted by Gasteiger charge is 2.27. The monoisotopic (exact) mass is 579 g/mol. The minimum absolute atomic E-state index is 0.0181. The molecule has 200 valence electrons. The lowest BCUT2D eigenvalue weighted by molar-refractivity contribution is 0.102. The molecule has 3 aromatic heterocycles. The number of sulfonamides is 1. The van der Waals surface area contributed by atoms with E-state index >= 15 is 8.78 Å². The summed E-state index contributed by atoms with van der Waals surface area (Å²) in [5.74, 6) is -5.07. The number of tetrazole rings is 1. The Bertz CT molecular complexity index is 1850. The van der Waals surface area contributed by atoms with Crippen molar-refractivity contribution in [2.45, 2.75) is 4.90 Å². The van der Waals surface area contributed by atoms with E-state index in [0.717, 1.165) is 30.5 Å². The van der Waals surface area contributed by atoms with Crippen LogP contribution in [-0.4, -0.2) is 57.2 Å². The number of aromatic amines is 2. The second-order valence-electron chi connectivity index (χ2n) is 7.66. The molecule has 3 heterocycles. The van der Waals surface area contributed by atoms with Gasteiger partial charge in [0.25, 0.3) is 21.9 Å². The molecule has 0 unspecified atom stereocenters. The first kappa shape index (κ1) is 25.9. The van der Waals surface area contributed by atoms with Crippen LogP contribution in [0.1, 0.15) is 10.5 Å². The number of nitrogens with one attached hydrogen (secondary N) is 4. The lowest BCUT2D eigenvalue weighted by Crippen LogP contribution is -2.16. The highest BCUT2D eigenvalue weighted by atomic mass is 35.5. The van der Waals surface area contributed by atoms with Crippen LogP contribution in [0, 0.1) is 17.5 Å². The van der Waals surface area contributed by atoms with Crippen LogP contribution in [0.5, 0.6) is 5.88 Å². The molecule has 1 amide bonds. The zero-order valence-electron chi connectivity index (χ0n) is 19.3. The molecule has 0 fully saturated rings. The Balaban J connectivity index is 1.54. The first-order valence-corrected chi connectivity index (χ1v) is 12.4. The van der Waals surface area contributed by atoms with Crippen LogP contribution in [-0.2, 0) is 10.0 Å². The molecule has 18 heteroatoms. The number of halogens is 4. The van der Waals surface area contributed by atoms with Crippen molar-refractivity contribution in [3.63, 3.8) is 0 Å². The molecule has 0 aliphatic rings. The van der Waals surface area contributed by atoms with Crippen molar-refractivity contribution >= 4 is 50.1 Å². The van der Waals surface area contributed by atoms with E-state index in [-0.39, 0.29) is 27.9 Å². The van der Waals surface area contributed by atoms with E-state index in [9.17, 15) is 17.6 Å². The number of ether oxygens (including phenoxy) is 1. The molecular weight excluding hydrogens is 567 g/mol. The number of methoxy groups -OCH3 is 1. The molecular formula is C21H13ClF3N9O4S. The van der Waals surface area contributed by atoms with Gasteiger partial charge in [-0.1, -0.05) is 22.8 Å². The predicted octanol–water partition coefficient (Wildman–Crippen LogP) is 3.27. The number of anilines is 2. The normalized spacial score (nSPS) is 11.5. The molecule has 5 rings (SSSR count). The Hall–Kier alpha value is -4.77. The highest BCUT2D eigenvalue weighted by Crippen LogP contribution is 2.36. The second-order valence-corrected chi connectivity index (χ2v) is 9.75. The van der Waals surface area contributed by atoms with E-state index in [0.29, 0.717) is 0 Å². The molecule has 39 heavy (non-hydrogen) atoms. The molecule has 0 radical (unpaired) electrons. The van der Waals surface area contributed by atoms with Crippen molar-refractivity contribution in [3.05, 3.63) is 64.7 Å². The van der Waals surface area contributed by atoms with Crippen LogP contribution >= 0.6 is 11.6 Å².